The lowest BCUT2D eigenvalue weighted by molar-refractivity contribution is -0.365. The molecule has 2 aromatic rings. The molecule has 0 fully saturated rings. The third kappa shape index (κ3) is 13.3. The molecule has 8 heteroatoms. The van der Waals surface area contributed by atoms with Gasteiger partial charge in [-0.15, -0.1) is 0 Å². The fourth-order valence-electron chi connectivity index (χ4n) is 2.45. The molecule has 0 N–H and O–H groups in total. The molecule has 186 valence electrons. The molecule has 1 atom stereocenters. The zero-order chi connectivity index (χ0) is 25.0. The van der Waals surface area contributed by atoms with Gasteiger partial charge in [0.1, 0.15) is 0 Å². The Hall–Kier alpha value is -3.23. The van der Waals surface area contributed by atoms with Gasteiger partial charge in [0.25, 0.3) is 0 Å². The van der Waals surface area contributed by atoms with Crippen LogP contribution in [0.15, 0.2) is 60.7 Å². The van der Waals surface area contributed by atoms with E-state index in [9.17, 15) is 14.4 Å². The largest absolute Gasteiger partial charge is 0.433 e. The number of unbranched alkanes of at least 4 members (excludes halogenated alkanes) is 3. The second-order valence-corrected chi connectivity index (χ2v) is 7.26. The van der Waals surface area contributed by atoms with Crippen molar-refractivity contribution < 1.29 is 38.7 Å². The van der Waals surface area contributed by atoms with Crippen LogP contribution in [0, 0.1) is 0 Å². The summed E-state index contributed by atoms with van der Waals surface area (Å²) in [5.74, 6) is -1.64. The summed E-state index contributed by atoms with van der Waals surface area (Å²) in [4.78, 5) is 52.9. The summed E-state index contributed by atoms with van der Waals surface area (Å²) in [6.45, 7) is 6.36. The molecule has 0 radical (unpaired) electrons. The molecular weight excluding hydrogens is 440 g/mol. The van der Waals surface area contributed by atoms with E-state index in [0.717, 1.165) is 32.1 Å². The van der Waals surface area contributed by atoms with Crippen LogP contribution in [-0.4, -0.2) is 30.8 Å². The minimum Gasteiger partial charge on any atom is -0.433 e. The molecule has 0 aliphatic carbocycles. The maximum atomic E-state index is 11.5. The van der Waals surface area contributed by atoms with Crippen molar-refractivity contribution in [3.8, 4) is 0 Å². The molecule has 0 saturated heterocycles. The van der Waals surface area contributed by atoms with Crippen LogP contribution in [0.1, 0.15) is 80.0 Å². The van der Waals surface area contributed by atoms with Crippen molar-refractivity contribution in [2.75, 3.05) is 6.61 Å². The Kier molecular flexibility index (Phi) is 15.4. The first-order valence-corrected chi connectivity index (χ1v) is 11.5. The molecule has 0 aliphatic rings. The average Bonchev–Trinajstić information content (AvgIpc) is 2.86. The SMILES string of the molecule is CCCCCC(=O)OC(C)OOCCCC.O=C(OOC(=O)c1ccccc1)c1ccccc1. The fraction of sp³-hybridized carbons (Fsp3) is 0.423. The summed E-state index contributed by atoms with van der Waals surface area (Å²) in [5, 5.41) is 0. The highest BCUT2D eigenvalue weighted by Gasteiger charge is 2.13. The average molecular weight is 475 g/mol. The van der Waals surface area contributed by atoms with Gasteiger partial charge in [0.05, 0.1) is 17.7 Å². The van der Waals surface area contributed by atoms with Gasteiger partial charge in [-0.3, -0.25) is 4.79 Å². The first-order valence-electron chi connectivity index (χ1n) is 11.5. The van der Waals surface area contributed by atoms with E-state index in [0.29, 0.717) is 24.2 Å². The topological polar surface area (TPSA) is 97.4 Å². The Morgan fingerprint density at radius 1 is 0.735 bits per heavy atom. The van der Waals surface area contributed by atoms with Crippen molar-refractivity contribution >= 4 is 17.9 Å². The van der Waals surface area contributed by atoms with Gasteiger partial charge in [0, 0.05) is 13.3 Å². The monoisotopic (exact) mass is 474 g/mol. The van der Waals surface area contributed by atoms with Crippen LogP contribution in [0.4, 0.5) is 0 Å². The van der Waals surface area contributed by atoms with Gasteiger partial charge in [-0.1, -0.05) is 69.5 Å². The zero-order valence-corrected chi connectivity index (χ0v) is 20.1. The Morgan fingerprint density at radius 2 is 1.24 bits per heavy atom. The van der Waals surface area contributed by atoms with Gasteiger partial charge in [0.15, 0.2) is 0 Å². The third-order valence-corrected chi connectivity index (χ3v) is 4.28. The lowest BCUT2D eigenvalue weighted by Gasteiger charge is -2.12. The standard InChI is InChI=1S/C14H10O4.C12H24O4/c15-13(11-7-3-1-4-8-11)17-18-14(16)12-9-5-2-6-10-12;1-4-6-8-9-12(13)15-11(3)16-14-10-7-5-2/h1-10H;11H,4-10H2,1-3H3. The number of esters is 1. The summed E-state index contributed by atoms with van der Waals surface area (Å²) < 4.78 is 4.99. The van der Waals surface area contributed by atoms with Crippen LogP contribution in [0.3, 0.4) is 0 Å². The smallest absolute Gasteiger partial charge is 0.386 e. The molecule has 0 spiro atoms. The van der Waals surface area contributed by atoms with Gasteiger partial charge in [-0.2, -0.15) is 4.89 Å². The van der Waals surface area contributed by atoms with Gasteiger partial charge in [0.2, 0.25) is 6.29 Å². The Morgan fingerprint density at radius 3 is 1.71 bits per heavy atom. The lowest BCUT2D eigenvalue weighted by atomic mass is 10.2. The molecule has 8 nitrogen and oxygen atoms in total. The van der Waals surface area contributed by atoms with E-state index < -0.39 is 18.2 Å². The van der Waals surface area contributed by atoms with Crippen molar-refractivity contribution in [2.45, 2.75) is 65.6 Å². The first-order chi connectivity index (χ1) is 16.5. The number of rotatable bonds is 12. The van der Waals surface area contributed by atoms with E-state index in [2.05, 4.69) is 23.6 Å². The number of hydrogen-bond donors (Lipinski definition) is 0. The zero-order valence-electron chi connectivity index (χ0n) is 20.1. The van der Waals surface area contributed by atoms with Gasteiger partial charge in [-0.25, -0.2) is 24.3 Å². The van der Waals surface area contributed by atoms with Crippen LogP contribution in [0.25, 0.3) is 0 Å². The molecule has 0 aliphatic heterocycles. The van der Waals surface area contributed by atoms with E-state index in [1.807, 2.05) is 0 Å². The minimum atomic E-state index is -0.708. The van der Waals surface area contributed by atoms with Gasteiger partial charge >= 0.3 is 17.9 Å². The van der Waals surface area contributed by atoms with Crippen molar-refractivity contribution in [3.05, 3.63) is 71.8 Å². The molecular formula is C26H34O8. The molecule has 2 rings (SSSR count). The molecule has 0 amide bonds. The highest BCUT2D eigenvalue weighted by Crippen LogP contribution is 2.06. The summed E-state index contributed by atoms with van der Waals surface area (Å²) in [7, 11) is 0. The number of benzene rings is 2. The first kappa shape index (κ1) is 28.8. The number of ether oxygens (including phenoxy) is 1. The van der Waals surface area contributed by atoms with Crippen molar-refractivity contribution in [2.24, 2.45) is 0 Å². The van der Waals surface area contributed by atoms with Gasteiger partial charge < -0.3 is 4.74 Å². The van der Waals surface area contributed by atoms with E-state index in [-0.39, 0.29) is 5.97 Å². The lowest BCUT2D eigenvalue weighted by Crippen LogP contribution is -2.18. The Bertz CT molecular complexity index is 772. The molecule has 0 aromatic heterocycles. The quantitative estimate of drug-likeness (QED) is 0.125. The third-order valence-electron chi connectivity index (χ3n) is 4.28. The Balaban J connectivity index is 0.000000344. The summed E-state index contributed by atoms with van der Waals surface area (Å²) in [6.07, 6.45) is 4.85. The minimum absolute atomic E-state index is 0.222. The van der Waals surface area contributed by atoms with Crippen molar-refractivity contribution in [1.82, 2.24) is 0 Å². The van der Waals surface area contributed by atoms with Gasteiger partial charge in [-0.05, 0) is 37.1 Å². The van der Waals surface area contributed by atoms with E-state index in [4.69, 9.17) is 14.5 Å². The van der Waals surface area contributed by atoms with Crippen LogP contribution in [-0.2, 0) is 29.1 Å². The molecule has 0 heterocycles. The predicted octanol–water partition coefficient (Wildman–Crippen LogP) is 5.82. The van der Waals surface area contributed by atoms with E-state index in [1.54, 1.807) is 67.6 Å². The summed E-state index contributed by atoms with van der Waals surface area (Å²) in [5.41, 5.74) is 0.636. The maximum Gasteiger partial charge on any atom is 0.386 e. The van der Waals surface area contributed by atoms with E-state index in [1.165, 1.54) is 0 Å². The second-order valence-electron chi connectivity index (χ2n) is 7.26. The predicted molar refractivity (Wildman–Crippen MR) is 125 cm³/mol. The second kappa shape index (κ2) is 18.2. The maximum absolute atomic E-state index is 11.5. The molecule has 0 saturated carbocycles. The van der Waals surface area contributed by atoms with Crippen LogP contribution in [0.2, 0.25) is 0 Å². The molecule has 1 unspecified atom stereocenters. The fourth-order valence-corrected chi connectivity index (χ4v) is 2.45. The molecule has 34 heavy (non-hydrogen) atoms. The Labute approximate surface area is 201 Å². The van der Waals surface area contributed by atoms with Crippen LogP contribution < -0.4 is 0 Å². The normalized spacial score (nSPS) is 10.9. The number of carbonyl (C=O) groups excluding carboxylic acids is 3. The van der Waals surface area contributed by atoms with E-state index >= 15 is 0 Å². The summed E-state index contributed by atoms with van der Waals surface area (Å²) in [6, 6.07) is 16.6. The highest BCUT2D eigenvalue weighted by atomic mass is 17.2. The number of carbonyl (C=O) groups is 3. The van der Waals surface area contributed by atoms with Crippen molar-refractivity contribution in [3.63, 3.8) is 0 Å². The number of hydrogen-bond acceptors (Lipinski definition) is 8. The van der Waals surface area contributed by atoms with Crippen molar-refractivity contribution in [1.29, 1.82) is 0 Å². The molecule has 2 aromatic carbocycles. The van der Waals surface area contributed by atoms with Crippen LogP contribution >= 0.6 is 0 Å². The molecule has 0 bridgehead atoms. The van der Waals surface area contributed by atoms with Crippen LogP contribution in [0.5, 0.6) is 0 Å². The highest BCUT2D eigenvalue weighted by molar-refractivity contribution is 5.92. The summed E-state index contributed by atoms with van der Waals surface area (Å²) >= 11 is 0.